The van der Waals surface area contributed by atoms with Crippen molar-refractivity contribution in [2.75, 3.05) is 11.1 Å². The molecule has 8 nitrogen and oxygen atoms in total. The van der Waals surface area contributed by atoms with E-state index in [0.717, 1.165) is 16.7 Å². The zero-order chi connectivity index (χ0) is 23.0. The second-order valence-electron chi connectivity index (χ2n) is 6.78. The molecule has 0 aliphatic rings. The molecule has 0 fully saturated rings. The minimum Gasteiger partial charge on any atom is -0.368 e. The highest BCUT2D eigenvalue weighted by atomic mass is 35.5. The van der Waals surface area contributed by atoms with E-state index < -0.39 is 28.9 Å². The lowest BCUT2D eigenvalue weighted by Gasteiger charge is -2.21. The molecular formula is C21H14ClF2N7O. The molecule has 0 radical (unpaired) electrons. The number of nitriles is 1. The zero-order valence-electron chi connectivity index (χ0n) is 16.5. The summed E-state index contributed by atoms with van der Waals surface area (Å²) in [5, 5.41) is 12.3. The van der Waals surface area contributed by atoms with Crippen molar-refractivity contribution in [1.82, 2.24) is 19.5 Å². The van der Waals surface area contributed by atoms with E-state index >= 15 is 0 Å². The number of nitrogens with two attached hydrogens (primary N) is 1. The van der Waals surface area contributed by atoms with Gasteiger partial charge in [0.15, 0.2) is 0 Å². The molecule has 2 aromatic heterocycles. The van der Waals surface area contributed by atoms with Crippen LogP contribution in [0, 0.1) is 23.0 Å². The van der Waals surface area contributed by atoms with Crippen LogP contribution in [0.1, 0.15) is 24.4 Å². The number of fused-ring (bicyclic) bond motifs is 1. The first kappa shape index (κ1) is 21.1. The highest BCUT2D eigenvalue weighted by Crippen LogP contribution is 2.27. The normalized spacial score (nSPS) is 11.8. The third-order valence-corrected chi connectivity index (χ3v) is 5.02. The van der Waals surface area contributed by atoms with Crippen LogP contribution in [0.4, 0.5) is 20.5 Å². The zero-order valence-corrected chi connectivity index (χ0v) is 17.2. The number of nitrogen functional groups attached to an aromatic ring is 1. The third-order valence-electron chi connectivity index (χ3n) is 4.70. The van der Waals surface area contributed by atoms with Gasteiger partial charge in [0, 0.05) is 0 Å². The van der Waals surface area contributed by atoms with E-state index in [1.54, 1.807) is 19.1 Å². The van der Waals surface area contributed by atoms with Crippen LogP contribution in [0.15, 0.2) is 47.4 Å². The SMILES string of the molecule is C[C@H](Nc1nc(N)ncc1C#N)c1nc2cccc(Cl)c2c(=O)n1-c1c(F)cccc1F. The van der Waals surface area contributed by atoms with E-state index in [4.69, 9.17) is 17.3 Å². The van der Waals surface area contributed by atoms with Gasteiger partial charge in [0.2, 0.25) is 5.95 Å². The molecule has 4 rings (SSSR count). The summed E-state index contributed by atoms with van der Waals surface area (Å²) in [5.41, 5.74) is 4.59. The number of hydrogen-bond acceptors (Lipinski definition) is 7. The molecule has 0 saturated heterocycles. The number of halogens is 3. The molecule has 2 heterocycles. The number of nitrogens with one attached hydrogen (secondary N) is 1. The topological polar surface area (TPSA) is 123 Å². The standard InChI is InChI=1S/C21H14ClF2N7O/c1-10(28-18-11(8-25)9-27-21(26)30-18)19-29-15-7-2-4-12(22)16(15)20(32)31(19)17-13(23)5-3-6-14(17)24/h2-7,9-10H,1H3,(H3,26,27,28,30)/t10-/m0/s1. The van der Waals surface area contributed by atoms with Crippen LogP contribution >= 0.6 is 11.6 Å². The average Bonchev–Trinajstić information content (AvgIpc) is 2.75. The average molecular weight is 454 g/mol. The Morgan fingerprint density at radius 2 is 1.88 bits per heavy atom. The maximum Gasteiger partial charge on any atom is 0.267 e. The lowest BCUT2D eigenvalue weighted by molar-refractivity contribution is 0.558. The van der Waals surface area contributed by atoms with Gasteiger partial charge >= 0.3 is 0 Å². The van der Waals surface area contributed by atoms with Gasteiger partial charge in [0.1, 0.15) is 40.6 Å². The molecule has 0 amide bonds. The first-order chi connectivity index (χ1) is 15.3. The van der Waals surface area contributed by atoms with Crippen molar-refractivity contribution in [1.29, 1.82) is 5.26 Å². The molecular weight excluding hydrogens is 440 g/mol. The Balaban J connectivity index is 2.00. The van der Waals surface area contributed by atoms with Crippen molar-refractivity contribution in [3.63, 3.8) is 0 Å². The smallest absolute Gasteiger partial charge is 0.267 e. The van der Waals surface area contributed by atoms with Gasteiger partial charge in [0.05, 0.1) is 28.2 Å². The van der Waals surface area contributed by atoms with Gasteiger partial charge in [-0.05, 0) is 31.2 Å². The minimum atomic E-state index is -0.960. The van der Waals surface area contributed by atoms with Crippen LogP contribution in [0.5, 0.6) is 0 Å². The molecule has 0 unspecified atom stereocenters. The molecule has 0 bridgehead atoms. The number of aromatic nitrogens is 4. The molecule has 0 aliphatic heterocycles. The molecule has 0 aliphatic carbocycles. The van der Waals surface area contributed by atoms with E-state index in [1.165, 1.54) is 18.3 Å². The van der Waals surface area contributed by atoms with E-state index in [9.17, 15) is 18.8 Å². The number of nitrogens with zero attached hydrogens (tertiary/aromatic N) is 5. The van der Waals surface area contributed by atoms with Gasteiger partial charge in [-0.15, -0.1) is 0 Å². The fraction of sp³-hybridized carbons (Fsp3) is 0.0952. The lowest BCUT2D eigenvalue weighted by Crippen LogP contribution is -2.29. The maximum atomic E-state index is 14.7. The molecule has 2 aromatic carbocycles. The van der Waals surface area contributed by atoms with Crippen molar-refractivity contribution in [2.45, 2.75) is 13.0 Å². The maximum absolute atomic E-state index is 14.7. The predicted molar refractivity (Wildman–Crippen MR) is 115 cm³/mol. The second-order valence-corrected chi connectivity index (χ2v) is 7.19. The van der Waals surface area contributed by atoms with E-state index in [0.29, 0.717) is 0 Å². The molecule has 3 N–H and O–H groups in total. The van der Waals surface area contributed by atoms with Gasteiger partial charge in [-0.3, -0.25) is 9.36 Å². The second kappa shape index (κ2) is 8.20. The number of anilines is 2. The first-order valence-electron chi connectivity index (χ1n) is 9.26. The number of hydrogen-bond donors (Lipinski definition) is 2. The van der Waals surface area contributed by atoms with Gasteiger partial charge in [-0.25, -0.2) is 18.7 Å². The predicted octanol–water partition coefficient (Wildman–Crippen LogP) is 3.73. The molecule has 0 saturated carbocycles. The Hall–Kier alpha value is -4.10. The Morgan fingerprint density at radius 1 is 1.19 bits per heavy atom. The van der Waals surface area contributed by atoms with Crippen molar-refractivity contribution >= 4 is 34.3 Å². The molecule has 11 heteroatoms. The number of rotatable bonds is 4. The summed E-state index contributed by atoms with van der Waals surface area (Å²) in [4.78, 5) is 25.6. The van der Waals surface area contributed by atoms with Crippen molar-refractivity contribution in [2.24, 2.45) is 0 Å². The van der Waals surface area contributed by atoms with Gasteiger partial charge in [-0.2, -0.15) is 10.2 Å². The van der Waals surface area contributed by atoms with Crippen LogP contribution < -0.4 is 16.6 Å². The highest BCUT2D eigenvalue weighted by molar-refractivity contribution is 6.35. The molecule has 4 aromatic rings. The van der Waals surface area contributed by atoms with Crippen LogP contribution in [-0.2, 0) is 0 Å². The van der Waals surface area contributed by atoms with Crippen molar-refractivity contribution in [3.8, 4) is 11.8 Å². The highest BCUT2D eigenvalue weighted by Gasteiger charge is 2.24. The van der Waals surface area contributed by atoms with E-state index in [-0.39, 0.29) is 39.1 Å². The van der Waals surface area contributed by atoms with Gasteiger partial charge in [-0.1, -0.05) is 23.7 Å². The Morgan fingerprint density at radius 3 is 2.56 bits per heavy atom. The first-order valence-corrected chi connectivity index (χ1v) is 9.64. The summed E-state index contributed by atoms with van der Waals surface area (Å²) in [6, 6.07) is 8.98. The lowest BCUT2D eigenvalue weighted by atomic mass is 10.2. The molecule has 0 spiro atoms. The summed E-state index contributed by atoms with van der Waals surface area (Å²) in [7, 11) is 0. The summed E-state index contributed by atoms with van der Waals surface area (Å²) < 4.78 is 30.2. The van der Waals surface area contributed by atoms with Crippen LogP contribution in [0.3, 0.4) is 0 Å². The third kappa shape index (κ3) is 3.59. The van der Waals surface area contributed by atoms with Crippen molar-refractivity contribution in [3.05, 3.63) is 81.0 Å². The fourth-order valence-corrected chi connectivity index (χ4v) is 3.52. The largest absolute Gasteiger partial charge is 0.368 e. The number of para-hydroxylation sites is 1. The fourth-order valence-electron chi connectivity index (χ4n) is 3.27. The van der Waals surface area contributed by atoms with Crippen LogP contribution in [0.2, 0.25) is 5.02 Å². The Kier molecular flexibility index (Phi) is 5.42. The molecule has 1 atom stereocenters. The summed E-state index contributed by atoms with van der Waals surface area (Å²) in [6.45, 7) is 1.59. The Labute approximate surface area is 184 Å². The summed E-state index contributed by atoms with van der Waals surface area (Å²) >= 11 is 6.20. The molecule has 32 heavy (non-hydrogen) atoms. The van der Waals surface area contributed by atoms with E-state index in [2.05, 4.69) is 20.3 Å². The van der Waals surface area contributed by atoms with Crippen LogP contribution in [-0.4, -0.2) is 19.5 Å². The Bertz CT molecular complexity index is 1450. The van der Waals surface area contributed by atoms with Crippen molar-refractivity contribution < 1.29 is 8.78 Å². The van der Waals surface area contributed by atoms with E-state index in [1.807, 2.05) is 6.07 Å². The van der Waals surface area contributed by atoms with Crippen LogP contribution in [0.25, 0.3) is 16.6 Å². The number of benzene rings is 2. The monoisotopic (exact) mass is 453 g/mol. The van der Waals surface area contributed by atoms with Gasteiger partial charge < -0.3 is 11.1 Å². The summed E-state index contributed by atoms with van der Waals surface area (Å²) in [5.74, 6) is -1.96. The quantitative estimate of drug-likeness (QED) is 0.482. The van der Waals surface area contributed by atoms with Gasteiger partial charge in [0.25, 0.3) is 5.56 Å². The minimum absolute atomic E-state index is 0.0109. The molecule has 160 valence electrons. The summed E-state index contributed by atoms with van der Waals surface area (Å²) in [6.07, 6.45) is 1.23.